The van der Waals surface area contributed by atoms with E-state index >= 15 is 0 Å². The summed E-state index contributed by atoms with van der Waals surface area (Å²) in [4.78, 5) is 38.4. The lowest BCUT2D eigenvalue weighted by Gasteiger charge is -2.37. The number of benzene rings is 1. The molecule has 1 aliphatic heterocycles. The third kappa shape index (κ3) is 7.30. The fourth-order valence-corrected chi connectivity index (χ4v) is 4.00. The molecule has 1 aliphatic rings. The van der Waals surface area contributed by atoms with Crippen LogP contribution in [0.15, 0.2) is 53.7 Å². The van der Waals surface area contributed by atoms with Gasteiger partial charge in [-0.05, 0) is 50.5 Å². The molecule has 2 heterocycles. The molecule has 0 spiro atoms. The first-order valence-electron chi connectivity index (χ1n) is 12.4. The number of piperazine rings is 1. The van der Waals surface area contributed by atoms with Gasteiger partial charge in [0.2, 0.25) is 5.91 Å². The Labute approximate surface area is 215 Å². The molecule has 1 fully saturated rings. The van der Waals surface area contributed by atoms with Gasteiger partial charge in [-0.3, -0.25) is 19.6 Å². The first kappa shape index (κ1) is 28.1. The Balaban J connectivity index is 1.79. The van der Waals surface area contributed by atoms with Gasteiger partial charge < -0.3 is 15.1 Å². The fraction of sp³-hybridized carbons (Fsp3) is 0.481. The van der Waals surface area contributed by atoms with Crippen LogP contribution in [0.1, 0.15) is 55.7 Å². The lowest BCUT2D eigenvalue weighted by atomic mass is 10.0. The van der Waals surface area contributed by atoms with E-state index in [1.165, 1.54) is 23.1 Å². The number of aliphatic imine (C=N–C) groups is 1. The molecule has 1 aromatic heterocycles. The van der Waals surface area contributed by atoms with E-state index in [0.29, 0.717) is 37.1 Å². The molecule has 0 unspecified atom stereocenters. The SMILES string of the molecule is CC(C)CCNC(=O)C(C)(C)N=C(c1ccccn1)N1CCN(C(=O)c2ccccc2C(F)(F)F)CC1. The van der Waals surface area contributed by atoms with E-state index in [1.807, 2.05) is 11.0 Å². The number of aromatic nitrogens is 1. The highest BCUT2D eigenvalue weighted by Gasteiger charge is 2.37. The van der Waals surface area contributed by atoms with Crippen LogP contribution < -0.4 is 5.32 Å². The van der Waals surface area contributed by atoms with Gasteiger partial charge in [-0.25, -0.2) is 0 Å². The number of hydrogen-bond acceptors (Lipinski definition) is 4. The second-order valence-corrected chi connectivity index (χ2v) is 9.97. The third-order valence-electron chi connectivity index (χ3n) is 6.17. The highest BCUT2D eigenvalue weighted by molar-refractivity contribution is 6.00. The number of hydrogen-bond donors (Lipinski definition) is 1. The van der Waals surface area contributed by atoms with Crippen LogP contribution in [0, 0.1) is 5.92 Å². The van der Waals surface area contributed by atoms with E-state index in [9.17, 15) is 22.8 Å². The van der Waals surface area contributed by atoms with Crippen molar-refractivity contribution in [1.82, 2.24) is 20.1 Å². The molecule has 2 amide bonds. The zero-order valence-electron chi connectivity index (χ0n) is 21.7. The number of alkyl halides is 3. The minimum absolute atomic E-state index is 0.206. The summed E-state index contributed by atoms with van der Waals surface area (Å²) in [7, 11) is 0. The lowest BCUT2D eigenvalue weighted by molar-refractivity contribution is -0.138. The zero-order valence-corrected chi connectivity index (χ0v) is 21.7. The summed E-state index contributed by atoms with van der Waals surface area (Å²) in [6.45, 7) is 9.26. The Morgan fingerprint density at radius 1 is 1.00 bits per heavy atom. The van der Waals surface area contributed by atoms with E-state index in [-0.39, 0.29) is 24.6 Å². The van der Waals surface area contributed by atoms with Gasteiger partial charge in [-0.15, -0.1) is 0 Å². The number of carbonyl (C=O) groups is 2. The standard InChI is InChI=1S/C27H34F3N5O2/c1-19(2)12-14-32-25(37)26(3,4)33-23(22-11-7-8-13-31-22)34-15-17-35(18-16-34)24(36)20-9-5-6-10-21(20)27(28,29)30/h5-11,13,19H,12,14-18H2,1-4H3,(H,32,37). The van der Waals surface area contributed by atoms with E-state index < -0.39 is 23.2 Å². The predicted molar refractivity (Wildman–Crippen MR) is 136 cm³/mol. The molecular weight excluding hydrogens is 483 g/mol. The highest BCUT2D eigenvalue weighted by Crippen LogP contribution is 2.32. The first-order valence-corrected chi connectivity index (χ1v) is 12.4. The van der Waals surface area contributed by atoms with Crippen LogP contribution >= 0.6 is 0 Å². The summed E-state index contributed by atoms with van der Waals surface area (Å²) in [6, 6.07) is 10.2. The molecular formula is C27H34F3N5O2. The van der Waals surface area contributed by atoms with E-state index in [2.05, 4.69) is 24.1 Å². The molecule has 3 rings (SSSR count). The molecule has 0 radical (unpaired) electrons. The molecule has 7 nitrogen and oxygen atoms in total. The minimum atomic E-state index is -4.62. The average molecular weight is 518 g/mol. The summed E-state index contributed by atoms with van der Waals surface area (Å²) in [5, 5.41) is 2.94. The molecule has 37 heavy (non-hydrogen) atoms. The average Bonchev–Trinajstić information content (AvgIpc) is 2.87. The maximum atomic E-state index is 13.4. The quantitative estimate of drug-likeness (QED) is 0.440. The van der Waals surface area contributed by atoms with Crippen LogP contribution in [-0.4, -0.2) is 70.7 Å². The smallest absolute Gasteiger partial charge is 0.354 e. The molecule has 0 bridgehead atoms. The van der Waals surface area contributed by atoms with Crippen molar-refractivity contribution in [2.45, 2.75) is 45.8 Å². The second-order valence-electron chi connectivity index (χ2n) is 9.97. The van der Waals surface area contributed by atoms with Crippen molar-refractivity contribution in [2.24, 2.45) is 10.9 Å². The Kier molecular flexibility index (Phi) is 8.94. The lowest BCUT2D eigenvalue weighted by Crippen LogP contribution is -2.52. The third-order valence-corrected chi connectivity index (χ3v) is 6.17. The first-order chi connectivity index (χ1) is 17.4. The molecule has 0 saturated carbocycles. The van der Waals surface area contributed by atoms with Crippen molar-refractivity contribution in [3.8, 4) is 0 Å². The zero-order chi connectivity index (χ0) is 27.2. The van der Waals surface area contributed by atoms with E-state index in [0.717, 1.165) is 12.5 Å². The van der Waals surface area contributed by atoms with Crippen molar-refractivity contribution in [2.75, 3.05) is 32.7 Å². The largest absolute Gasteiger partial charge is 0.417 e. The van der Waals surface area contributed by atoms with Gasteiger partial charge in [-0.1, -0.05) is 32.0 Å². The van der Waals surface area contributed by atoms with Gasteiger partial charge in [-0.2, -0.15) is 13.2 Å². The maximum absolute atomic E-state index is 13.4. The van der Waals surface area contributed by atoms with E-state index in [4.69, 9.17) is 4.99 Å². The van der Waals surface area contributed by atoms with E-state index in [1.54, 1.807) is 32.2 Å². The summed E-state index contributed by atoms with van der Waals surface area (Å²) in [5.41, 5.74) is -1.81. The van der Waals surface area contributed by atoms with Crippen molar-refractivity contribution in [3.05, 3.63) is 65.5 Å². The molecule has 200 valence electrons. The topological polar surface area (TPSA) is 77.9 Å². The van der Waals surface area contributed by atoms with Crippen LogP contribution in [0.3, 0.4) is 0 Å². The Morgan fingerprint density at radius 3 is 2.22 bits per heavy atom. The number of rotatable bonds is 7. The van der Waals surface area contributed by atoms with Crippen molar-refractivity contribution >= 4 is 17.6 Å². The Morgan fingerprint density at radius 2 is 1.62 bits per heavy atom. The summed E-state index contributed by atoms with van der Waals surface area (Å²) in [6.07, 6.45) is -2.13. The highest BCUT2D eigenvalue weighted by atomic mass is 19.4. The molecule has 1 aromatic carbocycles. The van der Waals surface area contributed by atoms with Gasteiger partial charge in [0.15, 0.2) is 5.84 Å². The minimum Gasteiger partial charge on any atom is -0.354 e. The van der Waals surface area contributed by atoms with Crippen LogP contribution in [0.5, 0.6) is 0 Å². The van der Waals surface area contributed by atoms with Crippen molar-refractivity contribution < 1.29 is 22.8 Å². The summed E-state index contributed by atoms with van der Waals surface area (Å²) >= 11 is 0. The number of carbonyl (C=O) groups excluding carboxylic acids is 2. The van der Waals surface area contributed by atoms with Gasteiger partial charge in [0.1, 0.15) is 11.2 Å². The van der Waals surface area contributed by atoms with Crippen LogP contribution in [0.2, 0.25) is 0 Å². The molecule has 2 aromatic rings. The molecule has 0 atom stereocenters. The van der Waals surface area contributed by atoms with Crippen LogP contribution in [0.4, 0.5) is 13.2 Å². The monoisotopic (exact) mass is 517 g/mol. The van der Waals surface area contributed by atoms with Gasteiger partial charge in [0.05, 0.1) is 11.1 Å². The molecule has 0 aliphatic carbocycles. The molecule has 1 N–H and O–H groups in total. The molecule has 10 heteroatoms. The predicted octanol–water partition coefficient (Wildman–Crippen LogP) is 4.25. The van der Waals surface area contributed by atoms with Crippen molar-refractivity contribution in [1.29, 1.82) is 0 Å². The summed E-state index contributed by atoms with van der Waals surface area (Å²) in [5.74, 6) is 0.0957. The normalized spacial score (nSPS) is 15.2. The number of halogens is 3. The number of amidine groups is 1. The van der Waals surface area contributed by atoms with Crippen LogP contribution in [0.25, 0.3) is 0 Å². The fourth-order valence-electron chi connectivity index (χ4n) is 4.00. The molecule has 1 saturated heterocycles. The number of pyridine rings is 1. The maximum Gasteiger partial charge on any atom is 0.417 e. The van der Waals surface area contributed by atoms with Crippen LogP contribution in [-0.2, 0) is 11.0 Å². The van der Waals surface area contributed by atoms with Gasteiger partial charge >= 0.3 is 6.18 Å². The summed E-state index contributed by atoms with van der Waals surface area (Å²) < 4.78 is 40.3. The van der Waals surface area contributed by atoms with Crippen molar-refractivity contribution in [3.63, 3.8) is 0 Å². The number of nitrogens with zero attached hydrogens (tertiary/aromatic N) is 4. The van der Waals surface area contributed by atoms with Gasteiger partial charge in [0.25, 0.3) is 5.91 Å². The Bertz CT molecular complexity index is 1110. The Hall–Kier alpha value is -3.43. The number of nitrogens with one attached hydrogen (secondary N) is 1. The van der Waals surface area contributed by atoms with Gasteiger partial charge in [0, 0.05) is 38.9 Å². The second kappa shape index (κ2) is 11.7. The number of amides is 2.